The summed E-state index contributed by atoms with van der Waals surface area (Å²) in [4.78, 5) is 11.6. The molecule has 0 aliphatic carbocycles. The highest BCUT2D eigenvalue weighted by Gasteiger charge is 2.10. The zero-order chi connectivity index (χ0) is 10.7. The second kappa shape index (κ2) is 4.35. The first-order valence-corrected chi connectivity index (χ1v) is 5.13. The fraction of sp³-hybridized carbons (Fsp3) is 0.700. The van der Waals surface area contributed by atoms with Gasteiger partial charge in [0.2, 0.25) is 0 Å². The van der Waals surface area contributed by atoms with Crippen molar-refractivity contribution in [1.82, 2.24) is 9.78 Å². The summed E-state index contributed by atoms with van der Waals surface area (Å²) in [6, 6.07) is 0. The Morgan fingerprint density at radius 3 is 2.64 bits per heavy atom. The zero-order valence-corrected chi connectivity index (χ0v) is 9.13. The van der Waals surface area contributed by atoms with E-state index in [-0.39, 0.29) is 5.56 Å². The molecule has 0 amide bonds. The van der Waals surface area contributed by atoms with Crippen molar-refractivity contribution in [2.45, 2.75) is 40.2 Å². The number of anilines is 1. The van der Waals surface area contributed by atoms with E-state index < -0.39 is 0 Å². The van der Waals surface area contributed by atoms with Crippen molar-refractivity contribution in [3.05, 3.63) is 16.0 Å². The zero-order valence-electron chi connectivity index (χ0n) is 9.13. The van der Waals surface area contributed by atoms with Crippen molar-refractivity contribution in [2.24, 2.45) is 5.92 Å². The summed E-state index contributed by atoms with van der Waals surface area (Å²) in [5, 5.41) is 3.06. The quantitative estimate of drug-likeness (QED) is 0.765. The Balaban J connectivity index is 2.96. The normalized spacial score (nSPS) is 11.1. The van der Waals surface area contributed by atoms with E-state index in [1.165, 1.54) is 0 Å². The number of nitrogen functional groups attached to an aromatic ring is 1. The van der Waals surface area contributed by atoms with Gasteiger partial charge in [0, 0.05) is 6.54 Å². The molecule has 0 aromatic carbocycles. The lowest BCUT2D eigenvalue weighted by atomic mass is 10.2. The molecule has 0 atom stereocenters. The molecule has 1 rings (SSSR count). The number of hydrogen-bond acceptors (Lipinski definition) is 2. The molecule has 1 heterocycles. The molecule has 0 saturated carbocycles. The second-order valence-electron chi connectivity index (χ2n) is 4.06. The summed E-state index contributed by atoms with van der Waals surface area (Å²) in [7, 11) is 0. The Hall–Kier alpha value is -1.19. The van der Waals surface area contributed by atoms with Gasteiger partial charge in [-0.05, 0) is 12.3 Å². The number of nitrogens with two attached hydrogens (primary N) is 1. The molecule has 80 valence electrons. The van der Waals surface area contributed by atoms with Crippen molar-refractivity contribution >= 4 is 5.69 Å². The van der Waals surface area contributed by atoms with Crippen LogP contribution in [0.4, 0.5) is 5.69 Å². The van der Waals surface area contributed by atoms with Gasteiger partial charge in [0.1, 0.15) is 5.69 Å². The van der Waals surface area contributed by atoms with Crippen molar-refractivity contribution in [3.63, 3.8) is 0 Å². The Morgan fingerprint density at radius 2 is 2.14 bits per heavy atom. The molecular weight excluding hydrogens is 178 g/mol. The largest absolute Gasteiger partial charge is 0.393 e. The van der Waals surface area contributed by atoms with E-state index in [4.69, 9.17) is 5.73 Å². The van der Waals surface area contributed by atoms with Crippen molar-refractivity contribution < 1.29 is 0 Å². The third-order valence-electron chi connectivity index (χ3n) is 2.12. The monoisotopic (exact) mass is 197 g/mol. The summed E-state index contributed by atoms with van der Waals surface area (Å²) in [5.74, 6) is 0.445. The van der Waals surface area contributed by atoms with Crippen LogP contribution in [0.1, 0.15) is 32.9 Å². The van der Waals surface area contributed by atoms with Gasteiger partial charge in [-0.25, -0.2) is 0 Å². The minimum Gasteiger partial charge on any atom is -0.393 e. The second-order valence-corrected chi connectivity index (χ2v) is 4.06. The van der Waals surface area contributed by atoms with E-state index in [0.717, 1.165) is 18.5 Å². The number of rotatable bonds is 4. The van der Waals surface area contributed by atoms with Crippen LogP contribution in [0.15, 0.2) is 4.79 Å². The Kier molecular flexibility index (Phi) is 3.38. The molecule has 4 nitrogen and oxygen atoms in total. The van der Waals surface area contributed by atoms with E-state index in [9.17, 15) is 4.79 Å². The fourth-order valence-corrected chi connectivity index (χ4v) is 1.48. The number of aryl methyl sites for hydroxylation is 1. The first-order valence-electron chi connectivity index (χ1n) is 5.13. The van der Waals surface area contributed by atoms with Crippen LogP contribution in [0.25, 0.3) is 0 Å². The minimum atomic E-state index is -0.0813. The van der Waals surface area contributed by atoms with Gasteiger partial charge >= 0.3 is 0 Å². The first kappa shape index (κ1) is 10.9. The van der Waals surface area contributed by atoms with Crippen LogP contribution in [0.2, 0.25) is 0 Å². The molecule has 1 aromatic rings. The number of aromatic nitrogens is 2. The topological polar surface area (TPSA) is 63.8 Å². The third-order valence-corrected chi connectivity index (χ3v) is 2.12. The Morgan fingerprint density at radius 1 is 1.50 bits per heavy atom. The van der Waals surface area contributed by atoms with Crippen LogP contribution < -0.4 is 11.3 Å². The van der Waals surface area contributed by atoms with Crippen molar-refractivity contribution in [1.29, 1.82) is 0 Å². The highest BCUT2D eigenvalue weighted by molar-refractivity contribution is 5.40. The minimum absolute atomic E-state index is 0.0813. The van der Waals surface area contributed by atoms with Crippen LogP contribution in [0.5, 0.6) is 0 Å². The van der Waals surface area contributed by atoms with Gasteiger partial charge in [-0.1, -0.05) is 27.2 Å². The van der Waals surface area contributed by atoms with Gasteiger partial charge in [0.25, 0.3) is 5.56 Å². The fourth-order valence-electron chi connectivity index (χ4n) is 1.48. The van der Waals surface area contributed by atoms with E-state index in [1.807, 2.05) is 0 Å². The van der Waals surface area contributed by atoms with Crippen LogP contribution in [-0.2, 0) is 13.0 Å². The molecule has 0 spiro atoms. The van der Waals surface area contributed by atoms with E-state index in [1.54, 1.807) is 4.68 Å². The van der Waals surface area contributed by atoms with E-state index in [0.29, 0.717) is 18.2 Å². The highest BCUT2D eigenvalue weighted by atomic mass is 16.1. The summed E-state index contributed by atoms with van der Waals surface area (Å²) in [6.45, 7) is 6.91. The van der Waals surface area contributed by atoms with E-state index in [2.05, 4.69) is 25.9 Å². The molecule has 0 saturated heterocycles. The maximum Gasteiger partial charge on any atom is 0.289 e. The smallest absolute Gasteiger partial charge is 0.289 e. The molecule has 0 fully saturated rings. The summed E-state index contributed by atoms with van der Waals surface area (Å²) in [5.41, 5.74) is 6.87. The average molecular weight is 197 g/mol. The maximum absolute atomic E-state index is 11.6. The van der Waals surface area contributed by atoms with Crippen LogP contribution in [0.3, 0.4) is 0 Å². The molecule has 0 radical (unpaired) electrons. The molecule has 0 bridgehead atoms. The lowest BCUT2D eigenvalue weighted by molar-refractivity contribution is 0.470. The Labute approximate surface area is 84.1 Å². The van der Waals surface area contributed by atoms with Gasteiger partial charge in [0.15, 0.2) is 0 Å². The molecule has 4 heteroatoms. The van der Waals surface area contributed by atoms with Crippen LogP contribution >= 0.6 is 0 Å². The standard InChI is InChI=1S/C10H19N3O/c1-4-5-8-9(11)10(14)13(12-8)6-7(2)3/h7,12H,4-6,11H2,1-3H3. The van der Waals surface area contributed by atoms with Gasteiger partial charge in [-0.15, -0.1) is 0 Å². The van der Waals surface area contributed by atoms with Gasteiger partial charge in [-0.2, -0.15) is 0 Å². The average Bonchev–Trinajstić information content (AvgIpc) is 2.34. The van der Waals surface area contributed by atoms with E-state index >= 15 is 0 Å². The van der Waals surface area contributed by atoms with Gasteiger partial charge < -0.3 is 5.73 Å². The van der Waals surface area contributed by atoms with Crippen LogP contribution in [0, 0.1) is 5.92 Å². The SMILES string of the molecule is CCCc1[nH]n(CC(C)C)c(=O)c1N. The van der Waals surface area contributed by atoms with Gasteiger partial charge in [-0.3, -0.25) is 14.6 Å². The molecule has 0 unspecified atom stereocenters. The number of aromatic amines is 1. The lowest BCUT2D eigenvalue weighted by Crippen LogP contribution is -2.20. The predicted octanol–water partition coefficient (Wildman–Crippen LogP) is 1.37. The van der Waals surface area contributed by atoms with Crippen molar-refractivity contribution in [2.75, 3.05) is 5.73 Å². The molecule has 14 heavy (non-hydrogen) atoms. The summed E-state index contributed by atoms with van der Waals surface area (Å²) in [6.07, 6.45) is 1.83. The van der Waals surface area contributed by atoms with Gasteiger partial charge in [0.05, 0.1) is 5.69 Å². The summed E-state index contributed by atoms with van der Waals surface area (Å²) < 4.78 is 1.60. The summed E-state index contributed by atoms with van der Waals surface area (Å²) >= 11 is 0. The molecule has 0 aliphatic heterocycles. The molecule has 3 N–H and O–H groups in total. The number of H-pyrrole nitrogens is 1. The number of hydrogen-bond donors (Lipinski definition) is 2. The highest BCUT2D eigenvalue weighted by Crippen LogP contribution is 2.07. The first-order chi connectivity index (χ1) is 6.56. The third kappa shape index (κ3) is 2.19. The van der Waals surface area contributed by atoms with Crippen molar-refractivity contribution in [3.8, 4) is 0 Å². The van der Waals surface area contributed by atoms with Crippen LogP contribution in [-0.4, -0.2) is 9.78 Å². The lowest BCUT2D eigenvalue weighted by Gasteiger charge is -2.04. The number of nitrogens with one attached hydrogen (secondary N) is 1. The maximum atomic E-state index is 11.6. The predicted molar refractivity (Wildman–Crippen MR) is 58.3 cm³/mol. The molecule has 1 aromatic heterocycles. The Bertz CT molecular complexity index is 349. The molecule has 0 aliphatic rings. The molecular formula is C10H19N3O. The number of nitrogens with zero attached hydrogens (tertiary/aromatic N) is 1.